The summed E-state index contributed by atoms with van der Waals surface area (Å²) in [5.41, 5.74) is 1.86. The molecule has 0 saturated heterocycles. The van der Waals surface area contributed by atoms with Crippen LogP contribution in [0.25, 0.3) is 15.7 Å². The Morgan fingerprint density at radius 1 is 0.969 bits per heavy atom. The average molecular weight is 426 g/mol. The molecule has 4 rings (SSSR count). The molecule has 0 unspecified atom stereocenters. The van der Waals surface area contributed by atoms with Crippen LogP contribution in [0.5, 0.6) is 23.0 Å². The van der Waals surface area contributed by atoms with Crippen LogP contribution in [0.15, 0.2) is 72.9 Å². The quantitative estimate of drug-likeness (QED) is 0.343. The Morgan fingerprint density at radius 3 is 2.19 bits per heavy atom. The summed E-state index contributed by atoms with van der Waals surface area (Å²) in [6, 6.07) is 18.1. The molecule has 0 aliphatic carbocycles. The molecule has 0 aliphatic heterocycles. The minimum atomic E-state index is -0.379. The van der Waals surface area contributed by atoms with Crippen molar-refractivity contribution in [2.75, 3.05) is 17.7 Å². The van der Waals surface area contributed by atoms with Crippen molar-refractivity contribution in [3.8, 4) is 23.0 Å². The van der Waals surface area contributed by atoms with E-state index in [1.807, 2.05) is 0 Å². The fourth-order valence-electron chi connectivity index (χ4n) is 3.02. The summed E-state index contributed by atoms with van der Waals surface area (Å²) in [5.74, 6) is 1.62. The van der Waals surface area contributed by atoms with E-state index in [0.717, 1.165) is 0 Å². The number of fused-ring (bicyclic) bond motifs is 1. The highest BCUT2D eigenvalue weighted by molar-refractivity contribution is 5.99. The van der Waals surface area contributed by atoms with Crippen molar-refractivity contribution in [1.29, 1.82) is 0 Å². The number of carbonyl (C=O) groups excluding carboxylic acids is 1. The summed E-state index contributed by atoms with van der Waals surface area (Å²) >= 11 is 0. The van der Waals surface area contributed by atoms with Crippen LogP contribution in [0.1, 0.15) is 0 Å². The second kappa shape index (κ2) is 8.93. The Hall–Kier alpha value is -4.77. The largest absolute Gasteiger partial charge is 0.519 e. The van der Waals surface area contributed by atoms with E-state index in [1.165, 1.54) is 6.07 Å². The average Bonchev–Trinajstić information content (AvgIpc) is 2.80. The number of rotatable bonds is 5. The summed E-state index contributed by atoms with van der Waals surface area (Å²) in [5, 5.41) is 16.0. The number of benzene rings is 3. The van der Waals surface area contributed by atoms with E-state index in [-0.39, 0.29) is 17.5 Å². The molecule has 0 spiro atoms. The lowest BCUT2D eigenvalue weighted by Gasteiger charge is -2.11. The second-order valence-corrected chi connectivity index (χ2v) is 6.71. The van der Waals surface area contributed by atoms with Gasteiger partial charge in [0.15, 0.2) is 0 Å². The minimum absolute atomic E-state index is 0.123. The first-order valence-electron chi connectivity index (χ1n) is 9.55. The molecule has 158 valence electrons. The van der Waals surface area contributed by atoms with E-state index in [1.54, 1.807) is 74.0 Å². The topological polar surface area (TPSA) is 97.1 Å². The molecular formula is C24H18N4O4. The zero-order chi connectivity index (χ0) is 22.5. The number of urea groups is 1. The van der Waals surface area contributed by atoms with Gasteiger partial charge in [-0.1, -0.05) is 0 Å². The monoisotopic (exact) mass is 426 g/mol. The molecule has 3 N–H and O–H groups in total. The molecule has 8 nitrogen and oxygen atoms in total. The van der Waals surface area contributed by atoms with Crippen molar-refractivity contribution in [1.82, 2.24) is 4.98 Å². The third-order valence-electron chi connectivity index (χ3n) is 4.61. The van der Waals surface area contributed by atoms with E-state index in [0.29, 0.717) is 39.5 Å². The zero-order valence-electron chi connectivity index (χ0n) is 17.0. The number of carbonyl (C=O) groups is 1. The van der Waals surface area contributed by atoms with Gasteiger partial charge in [-0.15, -0.1) is 0 Å². The van der Waals surface area contributed by atoms with Crippen LogP contribution in [0, 0.1) is 6.57 Å². The number of hydrogen-bond donors (Lipinski definition) is 3. The van der Waals surface area contributed by atoms with Crippen molar-refractivity contribution in [3.05, 3.63) is 84.3 Å². The molecule has 0 fully saturated rings. The highest BCUT2D eigenvalue weighted by Crippen LogP contribution is 2.36. The van der Waals surface area contributed by atoms with E-state index in [2.05, 4.69) is 20.5 Å². The molecular weight excluding hydrogens is 408 g/mol. The third kappa shape index (κ3) is 4.52. The summed E-state index contributed by atoms with van der Waals surface area (Å²) in [6.07, 6.45) is 1.56. The lowest BCUT2D eigenvalue weighted by Crippen LogP contribution is -2.19. The van der Waals surface area contributed by atoms with Gasteiger partial charge in [0, 0.05) is 23.0 Å². The maximum absolute atomic E-state index is 12.2. The highest BCUT2D eigenvalue weighted by atomic mass is 16.5. The molecule has 3 aromatic carbocycles. The molecule has 32 heavy (non-hydrogen) atoms. The van der Waals surface area contributed by atoms with E-state index in [4.69, 9.17) is 16.0 Å². The molecule has 1 aromatic heterocycles. The normalized spacial score (nSPS) is 10.2. The Balaban J connectivity index is 1.45. The van der Waals surface area contributed by atoms with Crippen LogP contribution >= 0.6 is 0 Å². The maximum Gasteiger partial charge on any atom is 0.323 e. The predicted octanol–water partition coefficient (Wildman–Crippen LogP) is 5.94. The number of nitrogens with one attached hydrogen (secondary N) is 2. The molecule has 0 bridgehead atoms. The van der Waals surface area contributed by atoms with E-state index < -0.39 is 0 Å². The fraction of sp³-hybridized carbons (Fsp3) is 0.0417. The summed E-state index contributed by atoms with van der Waals surface area (Å²) in [7, 11) is 1.58. The SMILES string of the molecule is [C-]#[N+]c1cc2c(Oc3ccc(NC(=O)Nc4ccc(OC)cc4)cc3)ccnc2cc1O. The maximum atomic E-state index is 12.2. The van der Waals surface area contributed by atoms with Crippen molar-refractivity contribution >= 4 is 34.0 Å². The van der Waals surface area contributed by atoms with Crippen molar-refractivity contribution in [2.24, 2.45) is 0 Å². The van der Waals surface area contributed by atoms with Gasteiger partial charge in [0.1, 0.15) is 23.0 Å². The number of phenols is 1. The summed E-state index contributed by atoms with van der Waals surface area (Å²) < 4.78 is 11.0. The molecule has 1 heterocycles. The highest BCUT2D eigenvalue weighted by Gasteiger charge is 2.10. The molecule has 0 radical (unpaired) electrons. The number of phenolic OH excluding ortho intramolecular Hbond substituents is 1. The Morgan fingerprint density at radius 2 is 1.59 bits per heavy atom. The molecule has 0 atom stereocenters. The van der Waals surface area contributed by atoms with Crippen molar-refractivity contribution in [2.45, 2.75) is 0 Å². The number of methoxy groups -OCH3 is 1. The van der Waals surface area contributed by atoms with Gasteiger partial charge in [0.2, 0.25) is 5.69 Å². The lowest BCUT2D eigenvalue weighted by atomic mass is 10.1. The molecule has 2 amide bonds. The number of ether oxygens (including phenoxy) is 2. The molecule has 4 aromatic rings. The van der Waals surface area contributed by atoms with Crippen LogP contribution in [0.3, 0.4) is 0 Å². The smallest absolute Gasteiger partial charge is 0.323 e. The number of aromatic nitrogens is 1. The van der Waals surface area contributed by atoms with Gasteiger partial charge in [0.05, 0.1) is 19.2 Å². The van der Waals surface area contributed by atoms with Crippen LogP contribution in [-0.4, -0.2) is 23.2 Å². The first-order valence-corrected chi connectivity index (χ1v) is 9.55. The van der Waals surface area contributed by atoms with Gasteiger partial charge in [0.25, 0.3) is 0 Å². The predicted molar refractivity (Wildman–Crippen MR) is 122 cm³/mol. The number of amides is 2. The second-order valence-electron chi connectivity index (χ2n) is 6.71. The van der Waals surface area contributed by atoms with Gasteiger partial charge in [-0.2, -0.15) is 0 Å². The van der Waals surface area contributed by atoms with E-state index in [9.17, 15) is 9.90 Å². The minimum Gasteiger partial charge on any atom is -0.519 e. The van der Waals surface area contributed by atoms with Gasteiger partial charge < -0.3 is 25.2 Å². The Labute approximate surface area is 183 Å². The van der Waals surface area contributed by atoms with Crippen LogP contribution < -0.4 is 20.1 Å². The van der Waals surface area contributed by atoms with Gasteiger partial charge in [-0.25, -0.2) is 9.64 Å². The number of anilines is 2. The fourth-order valence-corrected chi connectivity index (χ4v) is 3.02. The number of pyridine rings is 1. The first kappa shape index (κ1) is 20.5. The Kier molecular flexibility index (Phi) is 5.72. The zero-order valence-corrected chi connectivity index (χ0v) is 17.0. The molecule has 8 heteroatoms. The van der Waals surface area contributed by atoms with Crippen LogP contribution in [0.2, 0.25) is 0 Å². The molecule has 0 aliphatic rings. The third-order valence-corrected chi connectivity index (χ3v) is 4.61. The van der Waals surface area contributed by atoms with Crippen molar-refractivity contribution in [3.63, 3.8) is 0 Å². The van der Waals surface area contributed by atoms with E-state index >= 15 is 0 Å². The number of nitrogens with zero attached hydrogens (tertiary/aromatic N) is 2. The Bertz CT molecular complexity index is 1310. The van der Waals surface area contributed by atoms with Gasteiger partial charge in [-0.3, -0.25) is 4.98 Å². The summed E-state index contributed by atoms with van der Waals surface area (Å²) in [4.78, 5) is 19.7. The van der Waals surface area contributed by atoms with Crippen LogP contribution in [-0.2, 0) is 0 Å². The van der Waals surface area contributed by atoms with Gasteiger partial charge in [-0.05, 0) is 66.7 Å². The molecule has 0 saturated carbocycles. The van der Waals surface area contributed by atoms with Crippen molar-refractivity contribution < 1.29 is 19.4 Å². The number of aromatic hydroxyl groups is 1. The first-order chi connectivity index (χ1) is 15.6. The summed E-state index contributed by atoms with van der Waals surface area (Å²) in [6.45, 7) is 7.18. The van der Waals surface area contributed by atoms with Crippen LogP contribution in [0.4, 0.5) is 21.9 Å². The lowest BCUT2D eigenvalue weighted by molar-refractivity contribution is 0.262. The number of hydrogen-bond acceptors (Lipinski definition) is 5. The van der Waals surface area contributed by atoms with Gasteiger partial charge >= 0.3 is 6.03 Å². The standard InChI is InChI=1S/C24H18N4O4/c1-25-21-13-19-20(14-22(21)29)26-12-11-23(19)32-18-9-5-16(6-10-18)28-24(30)27-15-3-7-17(31-2)8-4-15/h3-14,29H,2H3,(H2,27,28,30).